The Bertz CT molecular complexity index is 5600. The fourth-order valence-corrected chi connectivity index (χ4v) is 16.7. The maximum atomic E-state index is 12.7. The van der Waals surface area contributed by atoms with Gasteiger partial charge in [0.1, 0.15) is 23.9 Å². The van der Waals surface area contributed by atoms with Gasteiger partial charge in [0.2, 0.25) is 25.6 Å². The van der Waals surface area contributed by atoms with Crippen molar-refractivity contribution < 1.29 is 43.7 Å². The SMILES string of the molecule is CCC(CC)Oc1cc(N(C=O)C=O)ccc1C.CCCc1cc(C)c(C)cc1C.CCN(CC)C(=O)c1ccccc1Sc1cc(C)c(C)cc1C.COc1cc(N(C=O)C=O)ccc1C.Cc1cc(C)c(Sc2ccc(Cl)cc2)cc1C.Cc1ccc(N(C)C)cc1C.Cc1ccc(OCC(C)N(C)c2ccc(C)c(C)c2)cc1.Cc1ccc(Sc2cc(C)c(C)cc2C)cc1.O. The van der Waals surface area contributed by atoms with Gasteiger partial charge in [0.05, 0.1) is 36.2 Å². The second-order valence-corrected chi connectivity index (χ2v) is 37.9. The van der Waals surface area contributed by atoms with E-state index in [2.05, 4.69) is 317 Å². The van der Waals surface area contributed by atoms with Crippen LogP contribution in [-0.4, -0.2) is 102 Å². The van der Waals surface area contributed by atoms with E-state index < -0.39 is 0 Å². The fraction of sp³-hybridized carbons (Fsp3) is 0.336. The van der Waals surface area contributed by atoms with Gasteiger partial charge >= 0.3 is 0 Å². The number of benzene rings is 12. The van der Waals surface area contributed by atoms with Crippen LogP contribution in [0.25, 0.3) is 0 Å². The fourth-order valence-electron chi connectivity index (χ4n) is 13.5. The van der Waals surface area contributed by atoms with Crippen LogP contribution in [0.2, 0.25) is 5.02 Å². The van der Waals surface area contributed by atoms with E-state index in [-0.39, 0.29) is 17.5 Å². The molecule has 5 amide bonds. The summed E-state index contributed by atoms with van der Waals surface area (Å²) in [5.74, 6) is 2.41. The lowest BCUT2D eigenvalue weighted by Gasteiger charge is -2.27. The summed E-state index contributed by atoms with van der Waals surface area (Å²) in [6.45, 7) is 57.3. The molecule has 1 unspecified atom stereocenters. The summed E-state index contributed by atoms with van der Waals surface area (Å²) < 4.78 is 16.8. The van der Waals surface area contributed by atoms with Crippen molar-refractivity contribution in [3.8, 4) is 17.2 Å². The number of imide groups is 2. The van der Waals surface area contributed by atoms with Gasteiger partial charge in [0.25, 0.3) is 5.91 Å². The van der Waals surface area contributed by atoms with Crippen LogP contribution in [0.3, 0.4) is 0 Å². The Hall–Kier alpha value is -11.3. The predicted octanol–water partition coefficient (Wildman–Crippen LogP) is 29.2. The number of halogens is 1. The number of methoxy groups -OCH3 is 1. The number of hydrogen-bond acceptors (Lipinski definition) is 13. The lowest BCUT2D eigenvalue weighted by molar-refractivity contribution is -0.115. The molecule has 0 aliphatic heterocycles. The van der Waals surface area contributed by atoms with Crippen LogP contribution in [-0.2, 0) is 25.6 Å². The molecule has 18 heteroatoms. The van der Waals surface area contributed by atoms with Crippen LogP contribution >= 0.6 is 46.9 Å². The maximum Gasteiger partial charge on any atom is 0.254 e. The quantitative estimate of drug-likeness (QED) is 0.0427. The molecule has 134 heavy (non-hydrogen) atoms. The number of aryl methyl sites for hydroxylation is 21. The molecule has 12 aromatic rings. The van der Waals surface area contributed by atoms with Gasteiger partial charge < -0.3 is 34.4 Å². The van der Waals surface area contributed by atoms with E-state index >= 15 is 0 Å². The minimum Gasteiger partial charge on any atom is -0.496 e. The van der Waals surface area contributed by atoms with Crippen molar-refractivity contribution in [2.45, 2.75) is 247 Å². The highest BCUT2D eigenvalue weighted by atomic mass is 35.5. The van der Waals surface area contributed by atoms with E-state index in [9.17, 15) is 24.0 Å². The molecule has 14 nitrogen and oxygen atoms in total. The maximum absolute atomic E-state index is 12.7. The standard InChI is InChI=1S/C20H25NOS.C19H25NO.C16H18S.C15H15ClS.C14H19NO3.C12H18.C10H11NO3.C10H15N.H2O/c1-6-21(7-2)20(22)17-10-8-9-11-18(17)23-19-13-15(4)14(3)12-16(19)5;1-14-6-10-19(11-7-14)21-13-17(4)20(5)18-9-8-15(2)16(3)12-18;1-11-5-7-15(8-6-11)17-16-10-13(3)12(2)9-14(16)4;1-10-8-12(3)15(9-11(10)2)17-14-6-4-13(16)5-7-14;1-4-13(5-2)18-14-8-12(7-6-11(14)3)15(9-16)10-17;1-5-6-12-8-10(3)9(2)7-11(12)4;1-8-3-4-9(5-10(8)14-2)11(6-12)7-13;1-8-5-6-10(11(3)4)7-9(8)2;/h8-13H,6-7H2,1-5H3;6-12,17H,13H2,1-5H3;5-10H,1-4H3;4-9H,1-3H3;6-10,13H,4-5H2,1-3H3;7-8H,5-6H2,1-4H3;3-7H,1-2H3;5-7H,1-4H3;1H2. The summed E-state index contributed by atoms with van der Waals surface area (Å²) >= 11 is 11.2. The molecule has 1 atom stereocenters. The molecule has 12 rings (SSSR count). The highest BCUT2D eigenvalue weighted by Gasteiger charge is 2.20. The molecule has 0 aliphatic rings. The Balaban J connectivity index is 0.000000323. The summed E-state index contributed by atoms with van der Waals surface area (Å²) in [4.78, 5) is 70.8. The summed E-state index contributed by atoms with van der Waals surface area (Å²) in [6, 6.07) is 74.7. The van der Waals surface area contributed by atoms with Crippen LogP contribution in [0.1, 0.15) is 188 Å². The first kappa shape index (κ1) is 115. The third-order valence-electron chi connectivity index (χ3n) is 23.4. The van der Waals surface area contributed by atoms with Crippen LogP contribution in [0, 0.1) is 138 Å². The van der Waals surface area contributed by atoms with Crippen molar-refractivity contribution in [3.63, 3.8) is 0 Å². The van der Waals surface area contributed by atoms with Gasteiger partial charge in [-0.25, -0.2) is 0 Å². The molecule has 2 N–H and O–H groups in total. The first-order valence-corrected chi connectivity index (χ1v) is 48.6. The Morgan fingerprint density at radius 1 is 0.381 bits per heavy atom. The van der Waals surface area contributed by atoms with Gasteiger partial charge in [-0.05, 0) is 399 Å². The molecule has 0 spiro atoms. The summed E-state index contributed by atoms with van der Waals surface area (Å²) in [5, 5.41) is 0.783. The summed E-state index contributed by atoms with van der Waals surface area (Å²) in [6.07, 6.45) is 6.33. The van der Waals surface area contributed by atoms with Crippen molar-refractivity contribution in [3.05, 3.63) is 346 Å². The van der Waals surface area contributed by atoms with Crippen molar-refractivity contribution in [1.82, 2.24) is 4.90 Å². The Morgan fingerprint density at radius 2 is 0.754 bits per heavy atom. The second kappa shape index (κ2) is 58.8. The summed E-state index contributed by atoms with van der Waals surface area (Å²) in [5.41, 5.74) is 31.9. The minimum absolute atomic E-state index is 0. The topological polar surface area (TPSA) is 161 Å². The van der Waals surface area contributed by atoms with E-state index in [0.29, 0.717) is 55.4 Å². The third kappa shape index (κ3) is 37.2. The highest BCUT2D eigenvalue weighted by molar-refractivity contribution is 8.00. The molecule has 12 aromatic carbocycles. The average Bonchev–Trinajstić information content (AvgIpc) is 0.829. The first-order valence-electron chi connectivity index (χ1n) is 45.8. The molecule has 0 aliphatic carbocycles. The zero-order valence-corrected chi connectivity index (χ0v) is 88.5. The van der Waals surface area contributed by atoms with Gasteiger partial charge in [-0.2, -0.15) is 0 Å². The molecular formula is C116H148ClN5O9S3. The lowest BCUT2D eigenvalue weighted by atomic mass is 9.98. The molecule has 0 fully saturated rings. The van der Waals surface area contributed by atoms with Crippen LogP contribution in [0.4, 0.5) is 22.7 Å². The number of rotatable bonds is 28. The zero-order valence-electron chi connectivity index (χ0n) is 85.3. The van der Waals surface area contributed by atoms with Crippen LogP contribution in [0.15, 0.2) is 248 Å². The number of hydrogen-bond donors (Lipinski definition) is 0. The number of carbonyl (C=O) groups excluding carboxylic acids is 5. The van der Waals surface area contributed by atoms with Gasteiger partial charge in [-0.1, -0.05) is 176 Å². The smallest absolute Gasteiger partial charge is 0.254 e. The largest absolute Gasteiger partial charge is 0.496 e. The van der Waals surface area contributed by atoms with E-state index in [1.54, 1.807) is 53.9 Å². The van der Waals surface area contributed by atoms with Gasteiger partial charge in [-0.15, -0.1) is 0 Å². The molecule has 0 saturated heterocycles. The number of likely N-dealkylation sites (N-methyl/N-ethyl adjacent to an activating group) is 1. The van der Waals surface area contributed by atoms with E-state index in [0.717, 1.165) is 73.8 Å². The van der Waals surface area contributed by atoms with E-state index in [1.165, 1.54) is 162 Å². The molecule has 716 valence electrons. The number of ether oxygens (including phenoxy) is 3. The average molecular weight is 1890 g/mol. The Kier molecular flexibility index (Phi) is 50.4. The molecule has 0 radical (unpaired) electrons. The van der Waals surface area contributed by atoms with Crippen molar-refractivity contribution in [1.29, 1.82) is 0 Å². The predicted molar refractivity (Wildman–Crippen MR) is 573 cm³/mol. The molecular weight excluding hydrogens is 1740 g/mol. The van der Waals surface area contributed by atoms with Gasteiger partial charge in [0, 0.05) is 92.1 Å². The lowest BCUT2D eigenvalue weighted by Crippen LogP contribution is -2.34. The summed E-state index contributed by atoms with van der Waals surface area (Å²) in [7, 11) is 7.78. The van der Waals surface area contributed by atoms with Crippen molar-refractivity contribution in [2.75, 3.05) is 67.5 Å². The van der Waals surface area contributed by atoms with Crippen LogP contribution < -0.4 is 33.8 Å². The third-order valence-corrected chi connectivity index (χ3v) is 27.2. The van der Waals surface area contributed by atoms with E-state index in [1.807, 2.05) is 99.0 Å². The number of anilines is 4. The number of nitrogens with zero attached hydrogens (tertiary/aromatic N) is 5. The molecule has 0 bridgehead atoms. The first-order chi connectivity index (χ1) is 63.2. The van der Waals surface area contributed by atoms with Crippen molar-refractivity contribution >= 4 is 101 Å². The number of carbonyl (C=O) groups is 5. The second-order valence-electron chi connectivity index (χ2n) is 34.2. The van der Waals surface area contributed by atoms with E-state index in [4.69, 9.17) is 25.8 Å². The number of amides is 5. The Labute approximate surface area is 821 Å². The van der Waals surface area contributed by atoms with Crippen molar-refractivity contribution in [2.24, 2.45) is 0 Å². The monoisotopic (exact) mass is 1890 g/mol. The van der Waals surface area contributed by atoms with Crippen LogP contribution in [0.5, 0.6) is 17.2 Å². The minimum atomic E-state index is 0. The van der Waals surface area contributed by atoms with Gasteiger partial charge in [-0.3, -0.25) is 33.8 Å². The normalized spacial score (nSPS) is 10.5. The zero-order chi connectivity index (χ0) is 98.9. The Morgan fingerprint density at radius 3 is 1.18 bits per heavy atom. The molecule has 0 heterocycles. The van der Waals surface area contributed by atoms with Gasteiger partial charge in [0.15, 0.2) is 0 Å². The molecule has 0 aromatic heterocycles. The molecule has 0 saturated carbocycles. The highest BCUT2D eigenvalue weighted by Crippen LogP contribution is 2.38.